The molecule has 2 atom stereocenters. The molecule has 0 aliphatic heterocycles. The summed E-state index contributed by atoms with van der Waals surface area (Å²) in [5.74, 6) is 0.657. The number of benzene rings is 1. The van der Waals surface area contributed by atoms with E-state index in [9.17, 15) is 4.79 Å². The van der Waals surface area contributed by atoms with E-state index < -0.39 is 0 Å². The molecular formula is C14H21NO3. The highest BCUT2D eigenvalue weighted by molar-refractivity contribution is 5.78. The molecule has 0 heterocycles. The van der Waals surface area contributed by atoms with Gasteiger partial charge in [0.2, 0.25) is 5.91 Å². The normalized spacial score (nSPS) is 13.8. The Kier molecular flexibility index (Phi) is 5.65. The van der Waals surface area contributed by atoms with E-state index in [1.807, 2.05) is 31.2 Å². The minimum Gasteiger partial charge on any atom is -0.497 e. The van der Waals surface area contributed by atoms with Crippen LogP contribution in [0.3, 0.4) is 0 Å². The lowest BCUT2D eigenvalue weighted by atomic mass is 10.00. The number of methoxy groups -OCH3 is 1. The van der Waals surface area contributed by atoms with Crippen molar-refractivity contribution >= 4 is 5.91 Å². The zero-order valence-corrected chi connectivity index (χ0v) is 11.1. The largest absolute Gasteiger partial charge is 0.497 e. The monoisotopic (exact) mass is 251 g/mol. The van der Waals surface area contributed by atoms with Gasteiger partial charge in [0.1, 0.15) is 5.75 Å². The maximum atomic E-state index is 11.8. The van der Waals surface area contributed by atoms with Crippen molar-refractivity contribution in [2.45, 2.75) is 26.3 Å². The fourth-order valence-electron chi connectivity index (χ4n) is 1.64. The molecule has 18 heavy (non-hydrogen) atoms. The van der Waals surface area contributed by atoms with E-state index in [1.54, 1.807) is 14.0 Å². The van der Waals surface area contributed by atoms with Gasteiger partial charge in [0, 0.05) is 12.0 Å². The van der Waals surface area contributed by atoms with Gasteiger partial charge in [-0.25, -0.2) is 0 Å². The number of hydrogen-bond donors (Lipinski definition) is 2. The molecule has 1 aromatic rings. The van der Waals surface area contributed by atoms with Crippen molar-refractivity contribution < 1.29 is 14.6 Å². The molecule has 0 fully saturated rings. The predicted octanol–water partition coefficient (Wildman–Crippen LogP) is 1.37. The standard InChI is InChI=1S/C14H21NO3/c1-10(14(17)15-11(2)9-16)8-12-4-6-13(18-3)7-5-12/h4-7,10-11,16H,8-9H2,1-3H3,(H,15,17). The van der Waals surface area contributed by atoms with E-state index in [4.69, 9.17) is 9.84 Å². The van der Waals surface area contributed by atoms with Crippen LogP contribution in [0, 0.1) is 5.92 Å². The van der Waals surface area contributed by atoms with Crippen LogP contribution in [-0.4, -0.2) is 30.8 Å². The van der Waals surface area contributed by atoms with E-state index in [-0.39, 0.29) is 24.5 Å². The first-order valence-electron chi connectivity index (χ1n) is 6.11. The van der Waals surface area contributed by atoms with Gasteiger partial charge in [-0.05, 0) is 31.0 Å². The number of nitrogens with one attached hydrogen (secondary N) is 1. The number of hydrogen-bond acceptors (Lipinski definition) is 3. The van der Waals surface area contributed by atoms with Crippen LogP contribution in [0.5, 0.6) is 5.75 Å². The molecule has 0 aliphatic rings. The van der Waals surface area contributed by atoms with Crippen LogP contribution in [0.15, 0.2) is 24.3 Å². The predicted molar refractivity (Wildman–Crippen MR) is 70.6 cm³/mol. The van der Waals surface area contributed by atoms with E-state index in [0.29, 0.717) is 6.42 Å². The second-order valence-electron chi connectivity index (χ2n) is 4.55. The first-order chi connectivity index (χ1) is 8.56. The van der Waals surface area contributed by atoms with Crippen LogP contribution >= 0.6 is 0 Å². The lowest BCUT2D eigenvalue weighted by Crippen LogP contribution is -2.38. The molecular weight excluding hydrogens is 230 g/mol. The minimum absolute atomic E-state index is 0.0348. The van der Waals surface area contributed by atoms with Crippen LogP contribution in [0.4, 0.5) is 0 Å². The minimum atomic E-state index is -0.198. The Morgan fingerprint density at radius 2 is 1.94 bits per heavy atom. The number of aliphatic hydroxyl groups excluding tert-OH is 1. The van der Waals surface area contributed by atoms with Gasteiger partial charge in [0.25, 0.3) is 0 Å². The van der Waals surface area contributed by atoms with E-state index in [2.05, 4.69) is 5.32 Å². The molecule has 0 aromatic heterocycles. The molecule has 1 amide bonds. The van der Waals surface area contributed by atoms with Crippen molar-refractivity contribution in [2.75, 3.05) is 13.7 Å². The number of carbonyl (C=O) groups is 1. The Morgan fingerprint density at radius 1 is 1.33 bits per heavy atom. The number of amides is 1. The van der Waals surface area contributed by atoms with Crippen molar-refractivity contribution in [3.8, 4) is 5.75 Å². The maximum Gasteiger partial charge on any atom is 0.223 e. The van der Waals surface area contributed by atoms with Crippen LogP contribution in [0.25, 0.3) is 0 Å². The summed E-state index contributed by atoms with van der Waals surface area (Å²) < 4.78 is 5.08. The molecule has 1 aromatic carbocycles. The molecule has 2 unspecified atom stereocenters. The van der Waals surface area contributed by atoms with Gasteiger partial charge >= 0.3 is 0 Å². The van der Waals surface area contributed by atoms with Gasteiger partial charge in [-0.15, -0.1) is 0 Å². The SMILES string of the molecule is COc1ccc(CC(C)C(=O)NC(C)CO)cc1. The molecule has 0 bridgehead atoms. The smallest absolute Gasteiger partial charge is 0.223 e. The van der Waals surface area contributed by atoms with Crippen LogP contribution in [0.2, 0.25) is 0 Å². The van der Waals surface area contributed by atoms with Gasteiger partial charge in [-0.3, -0.25) is 4.79 Å². The molecule has 0 saturated carbocycles. The average Bonchev–Trinajstić information content (AvgIpc) is 2.39. The third kappa shape index (κ3) is 4.37. The van der Waals surface area contributed by atoms with Crippen molar-refractivity contribution in [3.63, 3.8) is 0 Å². The summed E-state index contributed by atoms with van der Waals surface area (Å²) in [6.45, 7) is 3.61. The van der Waals surface area contributed by atoms with Gasteiger partial charge in [0.05, 0.1) is 13.7 Å². The Morgan fingerprint density at radius 3 is 2.44 bits per heavy atom. The second-order valence-corrected chi connectivity index (χ2v) is 4.55. The molecule has 0 radical (unpaired) electrons. The lowest BCUT2D eigenvalue weighted by Gasteiger charge is -2.16. The van der Waals surface area contributed by atoms with Crippen molar-refractivity contribution in [1.29, 1.82) is 0 Å². The van der Waals surface area contributed by atoms with Crippen LogP contribution in [0.1, 0.15) is 19.4 Å². The third-order valence-electron chi connectivity index (χ3n) is 2.81. The van der Waals surface area contributed by atoms with E-state index in [0.717, 1.165) is 11.3 Å². The molecule has 0 spiro atoms. The average molecular weight is 251 g/mol. The summed E-state index contributed by atoms with van der Waals surface area (Å²) in [4.78, 5) is 11.8. The fourth-order valence-corrected chi connectivity index (χ4v) is 1.64. The van der Waals surface area contributed by atoms with Crippen LogP contribution < -0.4 is 10.1 Å². The highest BCUT2D eigenvalue weighted by atomic mass is 16.5. The summed E-state index contributed by atoms with van der Waals surface area (Å²) >= 11 is 0. The zero-order valence-electron chi connectivity index (χ0n) is 11.1. The molecule has 0 aliphatic carbocycles. The maximum absolute atomic E-state index is 11.8. The molecule has 100 valence electrons. The van der Waals surface area contributed by atoms with Crippen molar-refractivity contribution in [2.24, 2.45) is 5.92 Å². The number of carbonyl (C=O) groups excluding carboxylic acids is 1. The highest BCUT2D eigenvalue weighted by Crippen LogP contribution is 2.14. The molecule has 2 N–H and O–H groups in total. The Labute approximate surface area is 108 Å². The van der Waals surface area contributed by atoms with Crippen LogP contribution in [-0.2, 0) is 11.2 Å². The molecule has 4 heteroatoms. The quantitative estimate of drug-likeness (QED) is 0.803. The zero-order chi connectivity index (χ0) is 13.5. The number of aliphatic hydroxyl groups is 1. The Balaban J connectivity index is 2.52. The molecule has 1 rings (SSSR count). The van der Waals surface area contributed by atoms with Crippen molar-refractivity contribution in [3.05, 3.63) is 29.8 Å². The van der Waals surface area contributed by atoms with E-state index >= 15 is 0 Å². The highest BCUT2D eigenvalue weighted by Gasteiger charge is 2.15. The molecule has 4 nitrogen and oxygen atoms in total. The summed E-state index contributed by atoms with van der Waals surface area (Å²) in [6, 6.07) is 7.48. The summed E-state index contributed by atoms with van der Waals surface area (Å²) in [7, 11) is 1.63. The first-order valence-corrected chi connectivity index (χ1v) is 6.11. The van der Waals surface area contributed by atoms with Gasteiger partial charge in [0.15, 0.2) is 0 Å². The summed E-state index contributed by atoms with van der Waals surface area (Å²) in [6.07, 6.45) is 0.675. The van der Waals surface area contributed by atoms with Gasteiger partial charge < -0.3 is 15.2 Å². The number of rotatable bonds is 6. The number of ether oxygens (including phenoxy) is 1. The van der Waals surface area contributed by atoms with Gasteiger partial charge in [-0.1, -0.05) is 19.1 Å². The van der Waals surface area contributed by atoms with E-state index in [1.165, 1.54) is 0 Å². The Hall–Kier alpha value is -1.55. The van der Waals surface area contributed by atoms with Crippen molar-refractivity contribution in [1.82, 2.24) is 5.32 Å². The topological polar surface area (TPSA) is 58.6 Å². The lowest BCUT2D eigenvalue weighted by molar-refractivity contribution is -0.125. The third-order valence-corrected chi connectivity index (χ3v) is 2.81. The Bertz CT molecular complexity index is 375. The molecule has 0 saturated heterocycles. The fraction of sp³-hybridized carbons (Fsp3) is 0.500. The summed E-state index contributed by atoms with van der Waals surface area (Å²) in [5, 5.41) is 11.6. The summed E-state index contributed by atoms with van der Waals surface area (Å²) in [5.41, 5.74) is 1.09. The van der Waals surface area contributed by atoms with Gasteiger partial charge in [-0.2, -0.15) is 0 Å². The first kappa shape index (κ1) is 14.5. The second kappa shape index (κ2) is 7.01.